The number of hydrogen-bond acceptors (Lipinski definition) is 4. The van der Waals surface area contributed by atoms with E-state index in [1.165, 1.54) is 12.1 Å². The average Bonchev–Trinajstić information content (AvgIpc) is 3.01. The topological polar surface area (TPSA) is 108 Å². The van der Waals surface area contributed by atoms with Crippen LogP contribution in [0.2, 0.25) is 0 Å². The van der Waals surface area contributed by atoms with Gasteiger partial charge in [-0.05, 0) is 63.9 Å². The van der Waals surface area contributed by atoms with Gasteiger partial charge in [-0.25, -0.2) is 5.48 Å². The van der Waals surface area contributed by atoms with E-state index in [1.807, 2.05) is 84.9 Å². The van der Waals surface area contributed by atoms with Gasteiger partial charge in [0.15, 0.2) is 0 Å². The van der Waals surface area contributed by atoms with Crippen molar-refractivity contribution in [3.8, 4) is 11.1 Å². The van der Waals surface area contributed by atoms with Crippen LogP contribution in [-0.4, -0.2) is 29.0 Å². The summed E-state index contributed by atoms with van der Waals surface area (Å²) in [7, 11) is 0. The fourth-order valence-electron chi connectivity index (χ4n) is 4.48. The molecule has 0 heterocycles. The van der Waals surface area contributed by atoms with E-state index < -0.39 is 17.9 Å². The zero-order valence-corrected chi connectivity index (χ0v) is 21.5. The van der Waals surface area contributed by atoms with E-state index in [1.54, 1.807) is 29.7 Å². The van der Waals surface area contributed by atoms with E-state index >= 15 is 0 Å². The van der Waals surface area contributed by atoms with Crippen molar-refractivity contribution in [2.24, 2.45) is 0 Å². The zero-order chi connectivity index (χ0) is 27.9. The van der Waals surface area contributed by atoms with Gasteiger partial charge in [-0.1, -0.05) is 84.9 Å². The molecule has 5 rings (SSSR count). The molecule has 40 heavy (non-hydrogen) atoms. The van der Waals surface area contributed by atoms with E-state index in [2.05, 4.69) is 10.6 Å². The Morgan fingerprint density at radius 2 is 1.25 bits per heavy atom. The quantitative estimate of drug-likeness (QED) is 0.155. The molecule has 0 unspecified atom stereocenters. The van der Waals surface area contributed by atoms with Crippen LogP contribution in [0.5, 0.6) is 0 Å². The Kier molecular flexibility index (Phi) is 7.94. The minimum Gasteiger partial charge on any atom is -0.340 e. The SMILES string of the molecule is O=C(NO)c1ccc(NC(=O)[C@H](Cc2ccc(-c3ccccc3)cc2)NC(=O)c2ccc3ccccc3c2)cc1. The monoisotopic (exact) mass is 529 g/mol. The summed E-state index contributed by atoms with van der Waals surface area (Å²) in [6.45, 7) is 0. The average molecular weight is 530 g/mol. The molecule has 3 amide bonds. The molecular weight excluding hydrogens is 502 g/mol. The van der Waals surface area contributed by atoms with E-state index in [9.17, 15) is 14.4 Å². The number of rotatable bonds is 8. The first-order valence-corrected chi connectivity index (χ1v) is 12.8. The van der Waals surface area contributed by atoms with Gasteiger partial charge < -0.3 is 10.6 Å². The summed E-state index contributed by atoms with van der Waals surface area (Å²) in [4.78, 5) is 38.3. The molecule has 5 aromatic rings. The summed E-state index contributed by atoms with van der Waals surface area (Å²) in [6.07, 6.45) is 0.269. The molecule has 1 atom stereocenters. The Labute approximate surface area is 231 Å². The first-order valence-electron chi connectivity index (χ1n) is 12.8. The summed E-state index contributed by atoms with van der Waals surface area (Å²) in [6, 6.07) is 36.3. The Morgan fingerprint density at radius 3 is 1.95 bits per heavy atom. The highest BCUT2D eigenvalue weighted by atomic mass is 16.5. The van der Waals surface area contributed by atoms with Crippen molar-refractivity contribution in [3.63, 3.8) is 0 Å². The summed E-state index contributed by atoms with van der Waals surface area (Å²) in [5.41, 5.74) is 5.74. The Bertz CT molecular complexity index is 1650. The second-order valence-corrected chi connectivity index (χ2v) is 9.36. The second kappa shape index (κ2) is 12.1. The highest BCUT2D eigenvalue weighted by molar-refractivity contribution is 6.03. The number of anilines is 1. The summed E-state index contributed by atoms with van der Waals surface area (Å²) >= 11 is 0. The van der Waals surface area contributed by atoms with Gasteiger partial charge in [0.25, 0.3) is 11.8 Å². The molecule has 7 nitrogen and oxygen atoms in total. The van der Waals surface area contributed by atoms with Crippen molar-refractivity contribution < 1.29 is 19.6 Å². The number of carbonyl (C=O) groups is 3. The van der Waals surface area contributed by atoms with Crippen molar-refractivity contribution in [3.05, 3.63) is 138 Å². The van der Waals surface area contributed by atoms with Crippen LogP contribution < -0.4 is 16.1 Å². The molecule has 0 fully saturated rings. The number of fused-ring (bicyclic) bond motifs is 1. The number of nitrogens with one attached hydrogen (secondary N) is 3. The van der Waals surface area contributed by atoms with Crippen LogP contribution in [0.3, 0.4) is 0 Å². The minimum absolute atomic E-state index is 0.236. The van der Waals surface area contributed by atoms with E-state index in [0.29, 0.717) is 11.3 Å². The molecule has 0 spiro atoms. The third-order valence-corrected chi connectivity index (χ3v) is 6.65. The lowest BCUT2D eigenvalue weighted by Crippen LogP contribution is -2.45. The molecule has 0 bridgehead atoms. The molecule has 198 valence electrons. The first kappa shape index (κ1) is 26.3. The third kappa shape index (κ3) is 6.23. The molecule has 0 saturated heterocycles. The lowest BCUT2D eigenvalue weighted by Gasteiger charge is -2.19. The first-order chi connectivity index (χ1) is 19.5. The Balaban J connectivity index is 1.37. The van der Waals surface area contributed by atoms with Crippen molar-refractivity contribution in [1.82, 2.24) is 10.8 Å². The molecule has 0 radical (unpaired) electrons. The predicted molar refractivity (Wildman–Crippen MR) is 155 cm³/mol. The minimum atomic E-state index is -0.873. The molecule has 7 heteroatoms. The van der Waals surface area contributed by atoms with Crippen LogP contribution >= 0.6 is 0 Å². The van der Waals surface area contributed by atoms with E-state index in [4.69, 9.17) is 5.21 Å². The summed E-state index contributed by atoms with van der Waals surface area (Å²) < 4.78 is 0. The van der Waals surface area contributed by atoms with E-state index in [0.717, 1.165) is 27.5 Å². The number of amides is 3. The number of carbonyl (C=O) groups excluding carboxylic acids is 3. The molecule has 0 aliphatic heterocycles. The van der Waals surface area contributed by atoms with Crippen LogP contribution in [0.25, 0.3) is 21.9 Å². The maximum atomic E-state index is 13.4. The third-order valence-electron chi connectivity index (χ3n) is 6.65. The van der Waals surface area contributed by atoms with Crippen LogP contribution in [-0.2, 0) is 11.2 Å². The van der Waals surface area contributed by atoms with Gasteiger partial charge >= 0.3 is 0 Å². The highest BCUT2D eigenvalue weighted by Gasteiger charge is 2.23. The maximum absolute atomic E-state index is 13.4. The molecule has 4 N–H and O–H groups in total. The normalized spacial score (nSPS) is 11.4. The standard InChI is InChI=1S/C33H27N3O4/c37-31(28-15-14-24-8-4-5-9-27(24)21-28)35-30(33(39)34-29-18-16-26(17-19-29)32(38)36-40)20-22-10-12-25(13-11-22)23-6-2-1-3-7-23/h1-19,21,30,40H,20H2,(H,34,39)(H,35,37)(H,36,38)/t30-/m0/s1. The Morgan fingerprint density at radius 1 is 0.625 bits per heavy atom. The largest absolute Gasteiger partial charge is 0.340 e. The molecule has 0 saturated carbocycles. The molecule has 0 aromatic heterocycles. The van der Waals surface area contributed by atoms with E-state index in [-0.39, 0.29) is 17.9 Å². The lowest BCUT2D eigenvalue weighted by atomic mass is 9.99. The van der Waals surface area contributed by atoms with Gasteiger partial charge in [0.2, 0.25) is 5.91 Å². The van der Waals surface area contributed by atoms with Gasteiger partial charge in [0, 0.05) is 23.2 Å². The molecule has 0 aliphatic rings. The number of benzene rings is 5. The summed E-state index contributed by atoms with van der Waals surface area (Å²) in [5.74, 6) is -1.42. The fourth-order valence-corrected chi connectivity index (χ4v) is 4.48. The van der Waals surface area contributed by atoms with Crippen molar-refractivity contribution in [2.45, 2.75) is 12.5 Å². The molecule has 5 aromatic carbocycles. The molecule has 0 aliphatic carbocycles. The fraction of sp³-hybridized carbons (Fsp3) is 0.0606. The van der Waals surface area contributed by atoms with Crippen LogP contribution in [0, 0.1) is 0 Å². The second-order valence-electron chi connectivity index (χ2n) is 9.36. The van der Waals surface area contributed by atoms with Crippen LogP contribution in [0.15, 0.2) is 121 Å². The maximum Gasteiger partial charge on any atom is 0.274 e. The number of hydrogen-bond donors (Lipinski definition) is 4. The van der Waals surface area contributed by atoms with Gasteiger partial charge in [-0.2, -0.15) is 0 Å². The van der Waals surface area contributed by atoms with Gasteiger partial charge in [-0.3, -0.25) is 19.6 Å². The molecular formula is C33H27N3O4. The van der Waals surface area contributed by atoms with Crippen LogP contribution in [0.4, 0.5) is 5.69 Å². The summed E-state index contributed by atoms with van der Waals surface area (Å²) in [5, 5.41) is 16.5. The van der Waals surface area contributed by atoms with Crippen molar-refractivity contribution >= 4 is 34.2 Å². The van der Waals surface area contributed by atoms with Crippen molar-refractivity contribution in [1.29, 1.82) is 0 Å². The smallest absolute Gasteiger partial charge is 0.274 e. The van der Waals surface area contributed by atoms with Gasteiger partial charge in [0.05, 0.1) is 0 Å². The zero-order valence-electron chi connectivity index (χ0n) is 21.5. The van der Waals surface area contributed by atoms with Gasteiger partial charge in [-0.15, -0.1) is 0 Å². The lowest BCUT2D eigenvalue weighted by molar-refractivity contribution is -0.118. The number of hydroxylamine groups is 1. The predicted octanol–water partition coefficient (Wildman–Crippen LogP) is 5.61. The van der Waals surface area contributed by atoms with Gasteiger partial charge in [0.1, 0.15) is 6.04 Å². The Hall–Kier alpha value is -5.27. The van der Waals surface area contributed by atoms with Crippen molar-refractivity contribution in [2.75, 3.05) is 5.32 Å². The highest BCUT2D eigenvalue weighted by Crippen LogP contribution is 2.21. The van der Waals surface area contributed by atoms with Crippen LogP contribution in [0.1, 0.15) is 26.3 Å².